The molecule has 0 spiro atoms. The Kier molecular flexibility index (Phi) is 6.83. The van der Waals surface area contributed by atoms with E-state index in [4.69, 9.17) is 13.9 Å². The molecule has 32 heavy (non-hydrogen) atoms. The van der Waals surface area contributed by atoms with Gasteiger partial charge >= 0.3 is 6.03 Å². The van der Waals surface area contributed by atoms with E-state index in [2.05, 4.69) is 11.9 Å². The van der Waals surface area contributed by atoms with Gasteiger partial charge in [-0.2, -0.15) is 0 Å². The molecule has 0 aliphatic carbocycles. The van der Waals surface area contributed by atoms with E-state index in [0.717, 1.165) is 48.0 Å². The summed E-state index contributed by atoms with van der Waals surface area (Å²) < 4.78 is 17.2. The molecule has 4 rings (SSSR count). The Hall–Kier alpha value is -3.22. The minimum Gasteiger partial charge on any atom is -0.493 e. The maximum Gasteiger partial charge on any atom is 0.324 e. The summed E-state index contributed by atoms with van der Waals surface area (Å²) in [6.45, 7) is 6.49. The summed E-state index contributed by atoms with van der Waals surface area (Å²) in [5, 5.41) is 0. The van der Waals surface area contributed by atoms with Gasteiger partial charge in [-0.15, -0.1) is 0 Å². The highest BCUT2D eigenvalue weighted by Gasteiger charge is 2.28. The van der Waals surface area contributed by atoms with Crippen LogP contribution in [0, 0.1) is 6.92 Å². The fraction of sp³-hybridized carbons (Fsp3) is 0.440. The summed E-state index contributed by atoms with van der Waals surface area (Å²) in [5.74, 6) is 1.98. The van der Waals surface area contributed by atoms with Crippen molar-refractivity contribution in [1.82, 2.24) is 9.88 Å². The molecule has 1 aromatic heterocycles. The van der Waals surface area contributed by atoms with Crippen molar-refractivity contribution < 1.29 is 18.7 Å². The number of hydrogen-bond donors (Lipinski definition) is 0. The number of ether oxygens (including phenoxy) is 2. The van der Waals surface area contributed by atoms with Crippen LogP contribution in [-0.4, -0.2) is 42.7 Å². The molecule has 0 N–H and O–H groups in total. The second-order valence-electron chi connectivity index (χ2n) is 8.10. The monoisotopic (exact) mass is 437 g/mol. The average Bonchev–Trinajstić information content (AvgIpc) is 3.19. The van der Waals surface area contributed by atoms with Crippen molar-refractivity contribution in [2.24, 2.45) is 0 Å². The number of rotatable bonds is 9. The molecule has 0 bridgehead atoms. The lowest BCUT2D eigenvalue weighted by molar-refractivity contribution is 0.192. The molecule has 170 valence electrons. The molecular weight excluding hydrogens is 406 g/mol. The van der Waals surface area contributed by atoms with Gasteiger partial charge in [-0.1, -0.05) is 31.9 Å². The van der Waals surface area contributed by atoms with E-state index < -0.39 is 0 Å². The number of methoxy groups -OCH3 is 1. The first-order valence-electron chi connectivity index (χ1n) is 11.3. The van der Waals surface area contributed by atoms with Gasteiger partial charge in [-0.25, -0.2) is 9.78 Å². The van der Waals surface area contributed by atoms with Crippen LogP contribution in [0.2, 0.25) is 0 Å². The molecule has 1 saturated heterocycles. The second kappa shape index (κ2) is 9.94. The Bertz CT molecular complexity index is 1080. The molecule has 2 aromatic carbocycles. The molecule has 7 nitrogen and oxygen atoms in total. The highest BCUT2D eigenvalue weighted by Crippen LogP contribution is 2.33. The normalized spacial score (nSPS) is 14.3. The molecule has 0 radical (unpaired) electrons. The molecule has 1 fully saturated rings. The van der Waals surface area contributed by atoms with E-state index in [1.54, 1.807) is 7.11 Å². The smallest absolute Gasteiger partial charge is 0.324 e. The first-order valence-corrected chi connectivity index (χ1v) is 11.3. The number of unbranched alkanes of at least 4 members (excludes halogenated alkanes) is 2. The number of carbonyl (C=O) groups excluding carboxylic acids is 1. The Labute approximate surface area is 188 Å². The molecule has 1 aliphatic heterocycles. The number of fused-ring (bicyclic) bond motifs is 1. The molecule has 2 amide bonds. The van der Waals surface area contributed by atoms with Gasteiger partial charge in [0.25, 0.3) is 0 Å². The molecule has 3 aromatic rings. The second-order valence-corrected chi connectivity index (χ2v) is 8.10. The van der Waals surface area contributed by atoms with Crippen LogP contribution in [0.1, 0.15) is 44.1 Å². The van der Waals surface area contributed by atoms with Crippen molar-refractivity contribution in [3.63, 3.8) is 0 Å². The number of amides is 2. The fourth-order valence-corrected chi connectivity index (χ4v) is 4.10. The third kappa shape index (κ3) is 4.66. The number of carbonyl (C=O) groups is 1. The van der Waals surface area contributed by atoms with Crippen molar-refractivity contribution in [3.8, 4) is 11.5 Å². The van der Waals surface area contributed by atoms with Crippen LogP contribution >= 0.6 is 0 Å². The molecule has 0 saturated carbocycles. The summed E-state index contributed by atoms with van der Waals surface area (Å²) in [7, 11) is 1.63. The zero-order valence-electron chi connectivity index (χ0n) is 19.1. The third-order valence-electron chi connectivity index (χ3n) is 5.74. The van der Waals surface area contributed by atoms with Gasteiger partial charge in [-0.3, -0.25) is 4.90 Å². The van der Waals surface area contributed by atoms with Crippen LogP contribution in [0.25, 0.3) is 11.1 Å². The number of benzene rings is 2. The number of urea groups is 1. The van der Waals surface area contributed by atoms with E-state index in [1.807, 2.05) is 53.1 Å². The Balaban J connectivity index is 1.52. The van der Waals surface area contributed by atoms with Crippen molar-refractivity contribution in [2.75, 3.05) is 31.7 Å². The zero-order chi connectivity index (χ0) is 22.5. The number of oxazole rings is 1. The Morgan fingerprint density at radius 3 is 2.81 bits per heavy atom. The van der Waals surface area contributed by atoms with Gasteiger partial charge in [0.05, 0.1) is 20.3 Å². The summed E-state index contributed by atoms with van der Waals surface area (Å²) in [6.07, 6.45) is 4.14. The topological polar surface area (TPSA) is 68.0 Å². The number of aromatic nitrogens is 1. The molecular formula is C25H31N3O4. The molecule has 2 heterocycles. The Morgan fingerprint density at radius 1 is 1.12 bits per heavy atom. The van der Waals surface area contributed by atoms with Crippen molar-refractivity contribution in [1.29, 1.82) is 0 Å². The highest BCUT2D eigenvalue weighted by atomic mass is 16.5. The summed E-state index contributed by atoms with van der Waals surface area (Å²) in [4.78, 5) is 21.5. The molecule has 0 atom stereocenters. The lowest BCUT2D eigenvalue weighted by Crippen LogP contribution is -2.49. The first kappa shape index (κ1) is 22.0. The number of hydrogen-bond acceptors (Lipinski definition) is 5. The summed E-state index contributed by atoms with van der Waals surface area (Å²) >= 11 is 0. The largest absolute Gasteiger partial charge is 0.493 e. The average molecular weight is 438 g/mol. The van der Waals surface area contributed by atoms with Gasteiger partial charge in [-0.05, 0) is 31.0 Å². The summed E-state index contributed by atoms with van der Waals surface area (Å²) in [6, 6.07) is 11.6. The van der Waals surface area contributed by atoms with Gasteiger partial charge < -0.3 is 18.8 Å². The Morgan fingerprint density at radius 2 is 2.00 bits per heavy atom. The number of aryl methyl sites for hydroxylation is 1. The predicted octanol–water partition coefficient (Wildman–Crippen LogP) is 5.55. The summed E-state index contributed by atoms with van der Waals surface area (Å²) in [5.41, 5.74) is 3.36. The van der Waals surface area contributed by atoms with E-state index in [-0.39, 0.29) is 6.03 Å². The maximum atomic E-state index is 13.4. The molecule has 7 heteroatoms. The SMILES string of the molecule is CCCCCOc1cc(N2CCCN(Cc3cccc4nc(C)oc34)C2=O)ccc1OC. The minimum atomic E-state index is -0.0217. The minimum absolute atomic E-state index is 0.0217. The first-order chi connectivity index (χ1) is 15.6. The van der Waals surface area contributed by atoms with Crippen molar-refractivity contribution >= 4 is 22.8 Å². The van der Waals surface area contributed by atoms with Crippen molar-refractivity contribution in [3.05, 3.63) is 47.9 Å². The standard InChI is InChI=1S/C25H31N3O4/c1-4-5-6-15-31-23-16-20(11-12-22(23)30-3)28-14-8-13-27(25(28)29)17-19-9-7-10-21-24(19)32-18(2)26-21/h7,9-12,16H,4-6,8,13-15,17H2,1-3H3. The van der Waals surface area contributed by atoms with Gasteiger partial charge in [0.15, 0.2) is 23.0 Å². The lowest BCUT2D eigenvalue weighted by atomic mass is 10.1. The van der Waals surface area contributed by atoms with Crippen molar-refractivity contribution in [2.45, 2.75) is 46.1 Å². The predicted molar refractivity (Wildman–Crippen MR) is 125 cm³/mol. The quantitative estimate of drug-likeness (QED) is 0.411. The molecule has 1 aliphatic rings. The van der Waals surface area contributed by atoms with Crippen LogP contribution in [0.5, 0.6) is 11.5 Å². The van der Waals surface area contributed by atoms with E-state index in [0.29, 0.717) is 43.6 Å². The molecule has 0 unspecified atom stereocenters. The van der Waals surface area contributed by atoms with Crippen LogP contribution in [0.4, 0.5) is 10.5 Å². The van der Waals surface area contributed by atoms with Crippen LogP contribution in [0.15, 0.2) is 40.8 Å². The third-order valence-corrected chi connectivity index (χ3v) is 5.74. The van der Waals surface area contributed by atoms with E-state index in [9.17, 15) is 4.79 Å². The fourth-order valence-electron chi connectivity index (χ4n) is 4.10. The zero-order valence-corrected chi connectivity index (χ0v) is 19.1. The van der Waals surface area contributed by atoms with E-state index in [1.165, 1.54) is 0 Å². The number of nitrogens with zero attached hydrogens (tertiary/aromatic N) is 3. The number of anilines is 1. The lowest BCUT2D eigenvalue weighted by Gasteiger charge is -2.36. The number of para-hydroxylation sites is 1. The van der Waals surface area contributed by atoms with Gasteiger partial charge in [0.2, 0.25) is 0 Å². The van der Waals surface area contributed by atoms with Gasteiger partial charge in [0, 0.05) is 37.3 Å². The van der Waals surface area contributed by atoms with Gasteiger partial charge in [0.1, 0.15) is 5.52 Å². The maximum absolute atomic E-state index is 13.4. The van der Waals surface area contributed by atoms with Crippen LogP contribution in [0.3, 0.4) is 0 Å². The van der Waals surface area contributed by atoms with Crippen LogP contribution < -0.4 is 14.4 Å². The van der Waals surface area contributed by atoms with E-state index >= 15 is 0 Å². The van der Waals surface area contributed by atoms with Crippen LogP contribution in [-0.2, 0) is 6.54 Å². The highest BCUT2D eigenvalue weighted by molar-refractivity contribution is 5.93.